The number of benzene rings is 2. The van der Waals surface area contributed by atoms with E-state index in [2.05, 4.69) is 88.3 Å². The van der Waals surface area contributed by atoms with Crippen LogP contribution < -0.4 is 54.7 Å². The van der Waals surface area contributed by atoms with Gasteiger partial charge in [-0.3, -0.25) is 57.3 Å². The van der Waals surface area contributed by atoms with Gasteiger partial charge in [-0.15, -0.1) is 0 Å². The molecule has 24 nitrogen and oxygen atoms in total. The highest BCUT2D eigenvalue weighted by atomic mass is 79.9. The minimum absolute atomic E-state index is 0.00586. The maximum absolute atomic E-state index is 13.7. The van der Waals surface area contributed by atoms with Crippen LogP contribution in [0.1, 0.15) is 91.1 Å². The number of aldehydes is 1. The fourth-order valence-corrected chi connectivity index (χ4v) is 9.73. The second-order valence-corrected chi connectivity index (χ2v) is 21.4. The highest BCUT2D eigenvalue weighted by Crippen LogP contribution is 2.33. The number of rotatable bonds is 10. The van der Waals surface area contributed by atoms with Gasteiger partial charge in [0, 0.05) is 36.2 Å². The topological polar surface area (TPSA) is 356 Å². The largest absolute Gasteiger partial charge is 0.384 e. The summed E-state index contributed by atoms with van der Waals surface area (Å²) in [6.45, 7) is 0. The van der Waals surface area contributed by atoms with Crippen LogP contribution in [0.25, 0.3) is 0 Å². The van der Waals surface area contributed by atoms with E-state index < -0.39 is 64.2 Å². The Hall–Kier alpha value is -9.16. The number of hydrogen-bond acceptors (Lipinski definition) is 16. The maximum atomic E-state index is 13.7. The van der Waals surface area contributed by atoms with Crippen molar-refractivity contribution >= 4 is 131 Å². The van der Waals surface area contributed by atoms with Crippen molar-refractivity contribution in [1.82, 2.24) is 49.7 Å². The van der Waals surface area contributed by atoms with Crippen molar-refractivity contribution in [1.29, 1.82) is 0 Å². The first-order valence-electron chi connectivity index (χ1n) is 24.9. The third-order valence-electron chi connectivity index (χ3n) is 12.2. The number of hydrogen-bond donors (Lipinski definition) is 8. The summed E-state index contributed by atoms with van der Waals surface area (Å²) in [5.41, 5.74) is 9.96. The summed E-state index contributed by atoms with van der Waals surface area (Å²) in [7, 11) is 0. The minimum Gasteiger partial charge on any atom is -0.384 e. The summed E-state index contributed by atoms with van der Waals surface area (Å²) in [5, 5.41) is 13.8. The van der Waals surface area contributed by atoms with E-state index in [1.807, 2.05) is 0 Å². The van der Waals surface area contributed by atoms with E-state index >= 15 is 0 Å². The van der Waals surface area contributed by atoms with Gasteiger partial charge < -0.3 is 43.0 Å². The summed E-state index contributed by atoms with van der Waals surface area (Å²) >= 11 is 24.0. The molecule has 2 aromatic carbocycles. The molecule has 0 bridgehead atoms. The Morgan fingerprint density at radius 2 is 1.12 bits per heavy atom. The normalized spacial score (nSPS) is 14.9. The van der Waals surface area contributed by atoms with Gasteiger partial charge in [-0.2, -0.15) is 0 Å². The smallest absolute Gasteiger partial charge is 0.276 e. The van der Waals surface area contributed by atoms with Gasteiger partial charge in [-0.25, -0.2) is 33.1 Å². The van der Waals surface area contributed by atoms with Crippen LogP contribution in [0.5, 0.6) is 0 Å². The number of aromatic amines is 1. The van der Waals surface area contributed by atoms with Gasteiger partial charge in [0.2, 0.25) is 11.8 Å². The average Bonchev–Trinajstić information content (AvgIpc) is 1.94. The molecule has 2 atom stereocenters. The first kappa shape index (κ1) is 62.9. The van der Waals surface area contributed by atoms with Crippen molar-refractivity contribution in [2.24, 2.45) is 17.6 Å². The molecule has 12 rings (SSSR count). The number of carbonyl (C=O) groups is 6. The molecule has 86 heavy (non-hydrogen) atoms. The Labute approximate surface area is 513 Å². The van der Waals surface area contributed by atoms with Crippen molar-refractivity contribution in [2.45, 2.75) is 38.0 Å². The highest BCUT2D eigenvalue weighted by Gasteiger charge is 2.36. The minimum atomic E-state index is -0.918. The number of pyridine rings is 4. The molecule has 5 amide bonds. The zero-order chi connectivity index (χ0) is 62.1. The lowest BCUT2D eigenvalue weighted by molar-refractivity contribution is -0.118. The van der Waals surface area contributed by atoms with Gasteiger partial charge in [0.05, 0.1) is 24.0 Å². The summed E-state index contributed by atoms with van der Waals surface area (Å²) in [6.07, 6.45) is 6.31. The van der Waals surface area contributed by atoms with Gasteiger partial charge in [0.15, 0.2) is 6.29 Å². The molecule has 32 heteroatoms. The van der Waals surface area contributed by atoms with Crippen LogP contribution in [-0.4, -0.2) is 74.9 Å². The lowest BCUT2D eigenvalue weighted by atomic mass is 10.1. The molecule has 442 valence electrons. The zero-order valence-corrected chi connectivity index (χ0v) is 49.0. The highest BCUT2D eigenvalue weighted by molar-refractivity contribution is 9.10. The zero-order valence-electron chi connectivity index (χ0n) is 43.6. The van der Waals surface area contributed by atoms with Crippen molar-refractivity contribution in [3.8, 4) is 0 Å². The van der Waals surface area contributed by atoms with Crippen LogP contribution in [0.3, 0.4) is 0 Å². The van der Waals surface area contributed by atoms with Crippen LogP contribution in [-0.2, 0) is 9.59 Å². The number of nitrogens with zero attached hydrogens (tertiary/aromatic N) is 7. The quantitative estimate of drug-likeness (QED) is 0.0604. The molecule has 10 N–H and O–H groups in total. The number of anilines is 5. The van der Waals surface area contributed by atoms with Crippen LogP contribution in [0, 0.1) is 29.3 Å². The molecule has 6 aromatic heterocycles. The van der Waals surface area contributed by atoms with Crippen molar-refractivity contribution in [2.75, 3.05) is 21.7 Å². The SMILES string of the molecule is NC(=O)c1[nH]c(=O)c(Br)cc1Cl.Nc1cc(NC(=O)C2CC2)ncn1.O=C1NC(c2cccc(F)c2)n2c1c(Cl)cc(Br)c2=O.O=C1NC(c2cccc(F)c2)n2c1c(Cl)cc(Nc1cc(NC(=O)C3CC3)ncn1)c2=O.O=Cc1cc(F)ccn1. The van der Waals surface area contributed by atoms with E-state index in [1.54, 1.807) is 18.2 Å². The Morgan fingerprint density at radius 3 is 1.62 bits per heavy atom. The molecule has 0 spiro atoms. The third-order valence-corrected chi connectivity index (χ3v) is 14.2. The number of carbonyl (C=O) groups excluding carboxylic acids is 6. The number of fused-ring (bicyclic) bond motifs is 2. The standard InChI is InChI=1S/C21H16ClFN6O3.C13H7BrClFN2O2.C8H10N4O.C6H4BrClN2O2.C6H4FNO/c22-13-7-14(26-15-8-16(25-9-24-15)27-19(30)10-4-5-10)21(32)29-17(13)20(31)28-18(29)11-2-1-3-12(23)6-11;14-8-5-9(15)10-12(19)17-11(18(10)13(8)20)6-2-1-3-7(16)4-6;9-6-3-7(11-4-10-6)12-8(13)5-1-2-5;7-2-1-3(8)4(5(9)11)10-6(2)12;7-5-1-2-8-6(3-5)4-9/h1-3,6-10,18H,4-5H2,(H,28,31)(H2,24,25,26,27,30);1-5,11H,(H,17,19);3-5H,1-2H2,(H3,9,10,11,12,13);1H,(H2,9,11)(H,10,12);1-4H. The molecule has 2 fully saturated rings. The first-order valence-corrected chi connectivity index (χ1v) is 27.6. The fraction of sp³-hybridized carbons (Fsp3) is 0.148. The van der Waals surface area contributed by atoms with Crippen LogP contribution in [0.4, 0.5) is 42.1 Å². The molecule has 4 aliphatic rings. The second-order valence-electron chi connectivity index (χ2n) is 18.5. The van der Waals surface area contributed by atoms with E-state index in [-0.39, 0.29) is 81.9 Å². The summed E-state index contributed by atoms with van der Waals surface area (Å²) in [4.78, 5) is 126. The van der Waals surface area contributed by atoms with Crippen molar-refractivity contribution in [3.63, 3.8) is 0 Å². The van der Waals surface area contributed by atoms with Gasteiger partial charge in [0.1, 0.15) is 94.2 Å². The molecule has 2 aliphatic heterocycles. The summed E-state index contributed by atoms with van der Waals surface area (Å²) < 4.78 is 42.1. The fourth-order valence-electron chi connectivity index (χ4n) is 7.89. The second kappa shape index (κ2) is 27.7. The van der Waals surface area contributed by atoms with Crippen LogP contribution >= 0.6 is 66.7 Å². The Morgan fingerprint density at radius 1 is 0.616 bits per heavy atom. The van der Waals surface area contributed by atoms with Gasteiger partial charge in [-0.1, -0.05) is 59.1 Å². The maximum Gasteiger partial charge on any atom is 0.276 e. The van der Waals surface area contributed by atoms with E-state index in [9.17, 15) is 56.3 Å². The Kier molecular flexibility index (Phi) is 20.3. The Balaban J connectivity index is 0.000000152. The number of aromatic nitrogens is 8. The number of halogens is 8. The van der Waals surface area contributed by atoms with Crippen LogP contribution in [0.2, 0.25) is 15.1 Å². The van der Waals surface area contributed by atoms with Gasteiger partial charge >= 0.3 is 0 Å². The molecule has 0 radical (unpaired) electrons. The van der Waals surface area contributed by atoms with Crippen molar-refractivity contribution < 1.29 is 41.9 Å². The Bertz CT molecular complexity index is 4190. The van der Waals surface area contributed by atoms with Crippen LogP contribution in [0.15, 0.2) is 133 Å². The molecule has 0 saturated heterocycles. The number of H-pyrrole nitrogens is 1. The number of nitrogen functional groups attached to an aromatic ring is 1. The predicted octanol–water partition coefficient (Wildman–Crippen LogP) is 7.84. The summed E-state index contributed by atoms with van der Waals surface area (Å²) in [6, 6.07) is 20.6. The number of nitrogens with two attached hydrogens (primary N) is 2. The third kappa shape index (κ3) is 15.8. The average molecular weight is 1370 g/mol. The molecule has 8 heterocycles. The molecule has 2 saturated carbocycles. The molecular formula is C54H41Br2Cl3F3N15O9. The predicted molar refractivity (Wildman–Crippen MR) is 315 cm³/mol. The lowest BCUT2D eigenvalue weighted by Crippen LogP contribution is -2.29. The van der Waals surface area contributed by atoms with E-state index in [0.717, 1.165) is 31.7 Å². The summed E-state index contributed by atoms with van der Waals surface area (Å²) in [5.74, 6) is -1.67. The number of nitrogens with one attached hydrogen (secondary N) is 6. The van der Waals surface area contributed by atoms with Gasteiger partial charge in [0.25, 0.3) is 34.4 Å². The molecule has 2 unspecified atom stereocenters. The monoisotopic (exact) mass is 1360 g/mol. The molecular weight excluding hydrogens is 1330 g/mol. The van der Waals surface area contributed by atoms with Gasteiger partial charge in [-0.05, 0) is 117 Å². The number of primary amides is 1. The van der Waals surface area contributed by atoms with E-state index in [4.69, 9.17) is 46.3 Å². The molecule has 8 aromatic rings. The molecule has 2 aliphatic carbocycles. The first-order chi connectivity index (χ1) is 41.0. The van der Waals surface area contributed by atoms with Crippen molar-refractivity contribution in [3.05, 3.63) is 216 Å². The number of amides is 5. The lowest BCUT2D eigenvalue weighted by Gasteiger charge is -2.16. The van der Waals surface area contributed by atoms with E-state index in [0.29, 0.717) is 34.9 Å². The van der Waals surface area contributed by atoms with E-state index in [1.165, 1.54) is 94.7 Å².